The van der Waals surface area contributed by atoms with Crippen LogP contribution in [0.15, 0.2) is 30.3 Å². The van der Waals surface area contributed by atoms with Crippen molar-refractivity contribution in [1.82, 2.24) is 0 Å². The topological polar surface area (TPSA) is 43.1 Å². The van der Waals surface area contributed by atoms with Crippen LogP contribution in [0.5, 0.6) is 0 Å². The van der Waals surface area contributed by atoms with Gasteiger partial charge in [-0.2, -0.15) is 0 Å². The molecule has 1 aromatic rings. The average Bonchev–Trinajstić information content (AvgIpc) is 2.30. The molecule has 1 unspecified atom stereocenters. The van der Waals surface area contributed by atoms with Crippen molar-refractivity contribution in [2.24, 2.45) is 5.73 Å². The van der Waals surface area contributed by atoms with Gasteiger partial charge in [0.2, 0.25) is 0 Å². The molecule has 0 aliphatic heterocycles. The number of hydrogen-bond acceptors (Lipinski definition) is 2. The second-order valence-electron chi connectivity index (χ2n) is 4.45. The number of carbonyl (C=O) groups excluding carboxylic acids is 1. The van der Waals surface area contributed by atoms with Crippen LogP contribution >= 0.6 is 0 Å². The Bertz CT molecular complexity index is 330. The second-order valence-corrected chi connectivity index (χ2v) is 4.45. The van der Waals surface area contributed by atoms with E-state index in [1.807, 2.05) is 30.3 Å². The fourth-order valence-electron chi connectivity index (χ4n) is 1.74. The van der Waals surface area contributed by atoms with Gasteiger partial charge in [-0.15, -0.1) is 0 Å². The maximum Gasteiger partial charge on any atom is 0.156 e. The van der Waals surface area contributed by atoms with E-state index in [0.29, 0.717) is 6.42 Å². The summed E-state index contributed by atoms with van der Waals surface area (Å²) in [6, 6.07) is 9.59. The minimum Gasteiger partial charge on any atom is -0.315 e. The Hall–Kier alpha value is -1.15. The number of Topliss-reactive ketones (excluding diaryl/α,β-unsaturated/α-hetero) is 1. The largest absolute Gasteiger partial charge is 0.315 e. The lowest BCUT2D eigenvalue weighted by Crippen LogP contribution is -2.41. The van der Waals surface area contributed by atoms with Crippen LogP contribution in [0.2, 0.25) is 0 Å². The van der Waals surface area contributed by atoms with E-state index in [1.165, 1.54) is 0 Å². The Labute approximate surface area is 97.9 Å². The maximum atomic E-state index is 12.0. The highest BCUT2D eigenvalue weighted by molar-refractivity contribution is 5.88. The average molecular weight is 219 g/mol. The van der Waals surface area contributed by atoms with E-state index in [-0.39, 0.29) is 5.78 Å². The van der Waals surface area contributed by atoms with Crippen molar-refractivity contribution in [3.05, 3.63) is 35.9 Å². The van der Waals surface area contributed by atoms with Gasteiger partial charge in [-0.1, -0.05) is 50.1 Å². The molecule has 2 heteroatoms. The fraction of sp³-hybridized carbons (Fsp3) is 0.500. The van der Waals surface area contributed by atoms with Gasteiger partial charge in [0.1, 0.15) is 0 Å². The third-order valence-corrected chi connectivity index (χ3v) is 2.96. The molecule has 0 aromatic heterocycles. The molecule has 0 amide bonds. The zero-order valence-corrected chi connectivity index (χ0v) is 10.2. The molecule has 0 saturated heterocycles. The Morgan fingerprint density at radius 2 is 1.88 bits per heavy atom. The Kier molecular flexibility index (Phi) is 4.69. The van der Waals surface area contributed by atoms with Gasteiger partial charge < -0.3 is 5.73 Å². The molecule has 1 rings (SSSR count). The van der Waals surface area contributed by atoms with Crippen molar-refractivity contribution < 1.29 is 4.79 Å². The first-order chi connectivity index (χ1) is 7.59. The molecular formula is C14H21NO. The number of carbonyl (C=O) groups is 1. The standard InChI is InChI=1S/C14H21NO/c1-3-4-6-11-13(16)14(2,15)12-9-7-5-8-10-12/h5,7-10H,3-4,6,11,15H2,1-2H3. The van der Waals surface area contributed by atoms with Crippen molar-refractivity contribution in [2.45, 2.75) is 45.1 Å². The number of hydrogen-bond donors (Lipinski definition) is 1. The number of benzene rings is 1. The van der Waals surface area contributed by atoms with Crippen LogP contribution in [0.1, 0.15) is 45.1 Å². The van der Waals surface area contributed by atoms with Crippen molar-refractivity contribution in [3.8, 4) is 0 Å². The Morgan fingerprint density at radius 1 is 1.25 bits per heavy atom. The molecule has 1 atom stereocenters. The lowest BCUT2D eigenvalue weighted by atomic mass is 9.86. The van der Waals surface area contributed by atoms with E-state index >= 15 is 0 Å². The minimum atomic E-state index is -0.838. The summed E-state index contributed by atoms with van der Waals surface area (Å²) in [6.07, 6.45) is 3.74. The Morgan fingerprint density at radius 3 is 2.44 bits per heavy atom. The highest BCUT2D eigenvalue weighted by Crippen LogP contribution is 2.21. The van der Waals surface area contributed by atoms with Crippen LogP contribution in [0, 0.1) is 0 Å². The molecule has 0 saturated carbocycles. The van der Waals surface area contributed by atoms with Gasteiger partial charge in [0.05, 0.1) is 5.54 Å². The summed E-state index contributed by atoms with van der Waals surface area (Å²) in [5, 5.41) is 0. The summed E-state index contributed by atoms with van der Waals surface area (Å²) in [5.74, 6) is 0.132. The molecule has 2 N–H and O–H groups in total. The predicted octanol–water partition coefficient (Wildman–Crippen LogP) is 3.01. The number of ketones is 1. The number of nitrogens with two attached hydrogens (primary N) is 1. The van der Waals surface area contributed by atoms with E-state index in [2.05, 4.69) is 6.92 Å². The van der Waals surface area contributed by atoms with Gasteiger partial charge in [-0.05, 0) is 18.9 Å². The van der Waals surface area contributed by atoms with E-state index in [1.54, 1.807) is 6.92 Å². The van der Waals surface area contributed by atoms with Crippen molar-refractivity contribution in [3.63, 3.8) is 0 Å². The van der Waals surface area contributed by atoms with Gasteiger partial charge in [0.15, 0.2) is 5.78 Å². The summed E-state index contributed by atoms with van der Waals surface area (Å²) in [6.45, 7) is 3.93. The van der Waals surface area contributed by atoms with E-state index in [4.69, 9.17) is 5.73 Å². The molecule has 0 heterocycles. The van der Waals surface area contributed by atoms with Crippen LogP contribution in [0.3, 0.4) is 0 Å². The normalized spacial score (nSPS) is 14.4. The maximum absolute atomic E-state index is 12.0. The molecule has 0 aliphatic carbocycles. The monoisotopic (exact) mass is 219 g/mol. The first kappa shape index (κ1) is 12.9. The highest BCUT2D eigenvalue weighted by atomic mass is 16.1. The van der Waals surface area contributed by atoms with Gasteiger partial charge in [-0.25, -0.2) is 0 Å². The molecule has 0 spiro atoms. The molecule has 16 heavy (non-hydrogen) atoms. The van der Waals surface area contributed by atoms with Crippen LogP contribution in [-0.4, -0.2) is 5.78 Å². The summed E-state index contributed by atoms with van der Waals surface area (Å²) in [7, 11) is 0. The lowest BCUT2D eigenvalue weighted by molar-refractivity contribution is -0.124. The van der Waals surface area contributed by atoms with Crippen LogP contribution in [-0.2, 0) is 10.3 Å². The van der Waals surface area contributed by atoms with Gasteiger partial charge >= 0.3 is 0 Å². The van der Waals surface area contributed by atoms with Crippen molar-refractivity contribution in [2.75, 3.05) is 0 Å². The third kappa shape index (κ3) is 3.17. The highest BCUT2D eigenvalue weighted by Gasteiger charge is 2.28. The van der Waals surface area contributed by atoms with Crippen molar-refractivity contribution >= 4 is 5.78 Å². The molecule has 2 nitrogen and oxygen atoms in total. The number of rotatable bonds is 6. The summed E-state index contributed by atoms with van der Waals surface area (Å²) >= 11 is 0. The zero-order chi connectivity index (χ0) is 12.0. The fourth-order valence-corrected chi connectivity index (χ4v) is 1.74. The van der Waals surface area contributed by atoms with Gasteiger partial charge in [0, 0.05) is 6.42 Å². The zero-order valence-electron chi connectivity index (χ0n) is 10.2. The SMILES string of the molecule is CCCCCC(=O)C(C)(N)c1ccccc1. The van der Waals surface area contributed by atoms with Crippen LogP contribution < -0.4 is 5.73 Å². The summed E-state index contributed by atoms with van der Waals surface area (Å²) in [4.78, 5) is 12.0. The molecule has 0 aliphatic rings. The minimum absolute atomic E-state index is 0.132. The van der Waals surface area contributed by atoms with E-state index in [0.717, 1.165) is 24.8 Å². The quantitative estimate of drug-likeness (QED) is 0.747. The lowest BCUT2D eigenvalue weighted by Gasteiger charge is -2.23. The van der Waals surface area contributed by atoms with Gasteiger partial charge in [-0.3, -0.25) is 4.79 Å². The Balaban J connectivity index is 2.66. The van der Waals surface area contributed by atoms with Crippen LogP contribution in [0.25, 0.3) is 0 Å². The summed E-state index contributed by atoms with van der Waals surface area (Å²) in [5.41, 5.74) is 6.18. The third-order valence-electron chi connectivity index (χ3n) is 2.96. The first-order valence-electron chi connectivity index (χ1n) is 5.96. The van der Waals surface area contributed by atoms with E-state index < -0.39 is 5.54 Å². The van der Waals surface area contributed by atoms with Gasteiger partial charge in [0.25, 0.3) is 0 Å². The molecule has 0 fully saturated rings. The van der Waals surface area contributed by atoms with Crippen molar-refractivity contribution in [1.29, 1.82) is 0 Å². The number of unbranched alkanes of at least 4 members (excludes halogenated alkanes) is 2. The van der Waals surface area contributed by atoms with E-state index in [9.17, 15) is 4.79 Å². The molecule has 0 bridgehead atoms. The summed E-state index contributed by atoms with van der Waals surface area (Å²) < 4.78 is 0. The molecular weight excluding hydrogens is 198 g/mol. The molecule has 1 aromatic carbocycles. The molecule has 0 radical (unpaired) electrons. The molecule has 88 valence electrons. The first-order valence-corrected chi connectivity index (χ1v) is 5.96. The van der Waals surface area contributed by atoms with Crippen LogP contribution in [0.4, 0.5) is 0 Å². The second kappa shape index (κ2) is 5.80. The predicted molar refractivity (Wildman–Crippen MR) is 67.1 cm³/mol. The smallest absolute Gasteiger partial charge is 0.156 e.